The summed E-state index contributed by atoms with van der Waals surface area (Å²) in [6, 6.07) is 9.51. The standard InChI is InChI=1S/C16H23O5P/c1-3-20-15(18)16(12-22-19,21-4-2)14(11-17)10-13-8-6-5-7-9-13/h5-9,14,17H,3-4,10-12H2,1-2H3. The molecule has 0 radical (unpaired) electrons. The van der Waals surface area contributed by atoms with Crippen LogP contribution in [0, 0.1) is 5.92 Å². The van der Waals surface area contributed by atoms with Crippen LogP contribution in [-0.4, -0.2) is 42.7 Å². The molecule has 0 aliphatic heterocycles. The van der Waals surface area contributed by atoms with E-state index in [0.717, 1.165) is 5.56 Å². The van der Waals surface area contributed by atoms with Crippen LogP contribution >= 0.6 is 8.46 Å². The molecule has 5 nitrogen and oxygen atoms in total. The Morgan fingerprint density at radius 3 is 2.45 bits per heavy atom. The van der Waals surface area contributed by atoms with Gasteiger partial charge in [0, 0.05) is 19.1 Å². The zero-order chi connectivity index (χ0) is 16.4. The maximum Gasteiger partial charge on any atom is 0.339 e. The second kappa shape index (κ2) is 9.67. The van der Waals surface area contributed by atoms with Crippen LogP contribution in [0.15, 0.2) is 30.3 Å². The molecule has 0 heterocycles. The summed E-state index contributed by atoms with van der Waals surface area (Å²) < 4.78 is 22.0. The fourth-order valence-electron chi connectivity index (χ4n) is 2.46. The number of rotatable bonds is 10. The predicted octanol–water partition coefficient (Wildman–Crippen LogP) is 2.47. The van der Waals surface area contributed by atoms with Crippen molar-refractivity contribution in [1.29, 1.82) is 0 Å². The van der Waals surface area contributed by atoms with Gasteiger partial charge >= 0.3 is 5.97 Å². The second-order valence-electron chi connectivity index (χ2n) is 4.90. The van der Waals surface area contributed by atoms with Gasteiger partial charge in [-0.25, -0.2) is 4.79 Å². The number of ether oxygens (including phenoxy) is 2. The summed E-state index contributed by atoms with van der Waals surface area (Å²) >= 11 is 0. The van der Waals surface area contributed by atoms with E-state index in [0.29, 0.717) is 6.42 Å². The summed E-state index contributed by atoms with van der Waals surface area (Å²) in [4.78, 5) is 12.4. The molecule has 122 valence electrons. The molecule has 1 rings (SSSR count). The average Bonchev–Trinajstić information content (AvgIpc) is 2.53. The molecule has 6 heteroatoms. The maximum atomic E-state index is 12.4. The number of hydrogen-bond donors (Lipinski definition) is 1. The lowest BCUT2D eigenvalue weighted by Gasteiger charge is -2.35. The Kier molecular flexibility index (Phi) is 8.25. The Morgan fingerprint density at radius 2 is 1.95 bits per heavy atom. The number of aliphatic hydroxyl groups is 1. The van der Waals surface area contributed by atoms with E-state index in [-0.39, 0.29) is 34.4 Å². The fourth-order valence-corrected chi connectivity index (χ4v) is 3.14. The molecule has 0 spiro atoms. The van der Waals surface area contributed by atoms with Gasteiger partial charge in [0.15, 0.2) is 14.1 Å². The van der Waals surface area contributed by atoms with E-state index in [1.165, 1.54) is 0 Å². The largest absolute Gasteiger partial charge is 0.464 e. The third-order valence-electron chi connectivity index (χ3n) is 3.53. The molecule has 0 fully saturated rings. The van der Waals surface area contributed by atoms with E-state index < -0.39 is 17.5 Å². The lowest BCUT2D eigenvalue weighted by Crippen LogP contribution is -2.53. The van der Waals surface area contributed by atoms with Gasteiger partial charge < -0.3 is 14.6 Å². The Balaban J connectivity index is 3.13. The van der Waals surface area contributed by atoms with Crippen molar-refractivity contribution >= 4 is 14.4 Å². The van der Waals surface area contributed by atoms with Crippen LogP contribution in [0.5, 0.6) is 0 Å². The van der Waals surface area contributed by atoms with Gasteiger partial charge in [-0.3, -0.25) is 4.57 Å². The topological polar surface area (TPSA) is 72.8 Å². The van der Waals surface area contributed by atoms with Gasteiger partial charge in [0.05, 0.1) is 12.8 Å². The minimum absolute atomic E-state index is 0.0439. The molecule has 0 aliphatic rings. The Labute approximate surface area is 132 Å². The lowest BCUT2D eigenvalue weighted by atomic mass is 9.84. The first-order valence-corrected chi connectivity index (χ1v) is 8.39. The van der Waals surface area contributed by atoms with Crippen molar-refractivity contribution in [2.75, 3.05) is 26.0 Å². The lowest BCUT2D eigenvalue weighted by molar-refractivity contribution is -0.178. The van der Waals surface area contributed by atoms with Crippen LogP contribution < -0.4 is 0 Å². The van der Waals surface area contributed by atoms with Gasteiger partial charge in [0.25, 0.3) is 0 Å². The first kappa shape index (κ1) is 18.8. The Hall–Kier alpha value is -1.29. The monoisotopic (exact) mass is 326 g/mol. The Bertz CT molecular complexity index is 465. The van der Waals surface area contributed by atoms with E-state index >= 15 is 0 Å². The van der Waals surface area contributed by atoms with Crippen molar-refractivity contribution in [1.82, 2.24) is 0 Å². The van der Waals surface area contributed by atoms with Crippen molar-refractivity contribution in [3.05, 3.63) is 35.9 Å². The normalized spacial score (nSPS) is 15.2. The highest BCUT2D eigenvalue weighted by molar-refractivity contribution is 7.23. The molecule has 1 aromatic carbocycles. The third kappa shape index (κ3) is 4.60. The second-order valence-corrected chi connectivity index (χ2v) is 5.47. The number of aliphatic hydroxyl groups excluding tert-OH is 1. The van der Waals surface area contributed by atoms with Crippen LogP contribution in [0.25, 0.3) is 0 Å². The molecule has 0 aliphatic carbocycles. The fraction of sp³-hybridized carbons (Fsp3) is 0.562. The highest BCUT2D eigenvalue weighted by Gasteiger charge is 2.48. The summed E-state index contributed by atoms with van der Waals surface area (Å²) in [7, 11) is -0.222. The molecule has 0 aromatic heterocycles. The van der Waals surface area contributed by atoms with Crippen molar-refractivity contribution in [3.8, 4) is 0 Å². The van der Waals surface area contributed by atoms with E-state index in [1.54, 1.807) is 13.8 Å². The van der Waals surface area contributed by atoms with Gasteiger partial charge in [-0.2, -0.15) is 0 Å². The van der Waals surface area contributed by atoms with Crippen LogP contribution in [0.3, 0.4) is 0 Å². The zero-order valence-corrected chi connectivity index (χ0v) is 13.9. The third-order valence-corrected chi connectivity index (χ3v) is 4.13. The quantitative estimate of drug-likeness (QED) is 0.528. The minimum Gasteiger partial charge on any atom is -0.464 e. The van der Waals surface area contributed by atoms with Crippen molar-refractivity contribution < 1.29 is 23.9 Å². The predicted molar refractivity (Wildman–Crippen MR) is 84.2 cm³/mol. The van der Waals surface area contributed by atoms with Gasteiger partial charge in [0.1, 0.15) is 0 Å². The zero-order valence-electron chi connectivity index (χ0n) is 13.0. The summed E-state index contributed by atoms with van der Waals surface area (Å²) in [6.07, 6.45) is 0.392. The molecule has 2 unspecified atom stereocenters. The molecule has 0 bridgehead atoms. The van der Waals surface area contributed by atoms with Gasteiger partial charge in [-0.1, -0.05) is 30.3 Å². The minimum atomic E-state index is -1.40. The van der Waals surface area contributed by atoms with E-state index in [9.17, 15) is 14.5 Å². The molecule has 0 saturated heterocycles. The molecule has 2 atom stereocenters. The number of carbonyl (C=O) groups excluding carboxylic acids is 1. The highest BCUT2D eigenvalue weighted by Crippen LogP contribution is 2.31. The maximum absolute atomic E-state index is 12.4. The van der Waals surface area contributed by atoms with E-state index in [4.69, 9.17) is 9.47 Å². The average molecular weight is 326 g/mol. The SMILES string of the molecule is CCOC(=O)C(CP=O)(OCC)C(CO)Cc1ccccc1. The van der Waals surface area contributed by atoms with Crippen LogP contribution in [0.4, 0.5) is 0 Å². The smallest absolute Gasteiger partial charge is 0.339 e. The van der Waals surface area contributed by atoms with Crippen LogP contribution in [0.1, 0.15) is 19.4 Å². The highest BCUT2D eigenvalue weighted by atomic mass is 31.1. The van der Waals surface area contributed by atoms with E-state index in [1.807, 2.05) is 30.3 Å². The molecule has 1 N–H and O–H groups in total. The van der Waals surface area contributed by atoms with Crippen molar-refractivity contribution in [2.24, 2.45) is 5.92 Å². The number of hydrogen-bond acceptors (Lipinski definition) is 5. The molecular formula is C16H23O5P. The van der Waals surface area contributed by atoms with Gasteiger partial charge in [-0.15, -0.1) is 0 Å². The first-order valence-electron chi connectivity index (χ1n) is 7.39. The number of esters is 1. The molecule has 22 heavy (non-hydrogen) atoms. The first-order chi connectivity index (χ1) is 10.6. The molecule has 0 amide bonds. The van der Waals surface area contributed by atoms with E-state index in [2.05, 4.69) is 0 Å². The molecular weight excluding hydrogens is 303 g/mol. The molecule has 1 aromatic rings. The van der Waals surface area contributed by atoms with Crippen molar-refractivity contribution in [2.45, 2.75) is 25.9 Å². The van der Waals surface area contributed by atoms with Crippen LogP contribution in [0.2, 0.25) is 0 Å². The Morgan fingerprint density at radius 1 is 1.27 bits per heavy atom. The van der Waals surface area contributed by atoms with Crippen molar-refractivity contribution in [3.63, 3.8) is 0 Å². The number of carbonyl (C=O) groups is 1. The summed E-state index contributed by atoms with van der Waals surface area (Å²) in [5.74, 6) is -1.11. The molecule has 0 saturated carbocycles. The summed E-state index contributed by atoms with van der Waals surface area (Å²) in [6.45, 7) is 3.66. The van der Waals surface area contributed by atoms with Crippen LogP contribution in [-0.2, 0) is 25.3 Å². The van der Waals surface area contributed by atoms with Gasteiger partial charge in [0.2, 0.25) is 0 Å². The summed E-state index contributed by atoms with van der Waals surface area (Å²) in [5, 5.41) is 9.80. The number of benzene rings is 1. The van der Waals surface area contributed by atoms with Gasteiger partial charge in [-0.05, 0) is 25.8 Å². The summed E-state index contributed by atoms with van der Waals surface area (Å²) in [5.41, 5.74) is -0.434.